The molecule has 0 saturated carbocycles. The molecule has 3 rings (SSSR count). The van der Waals surface area contributed by atoms with E-state index in [4.69, 9.17) is 0 Å². The first-order valence-electron chi connectivity index (χ1n) is 7.46. The maximum absolute atomic E-state index is 12.2. The van der Waals surface area contributed by atoms with E-state index >= 15 is 0 Å². The zero-order valence-electron chi connectivity index (χ0n) is 12.4. The maximum Gasteiger partial charge on any atom is 0.251 e. The highest BCUT2D eigenvalue weighted by atomic mass is 35.5. The Labute approximate surface area is 141 Å². The van der Waals surface area contributed by atoms with Crippen molar-refractivity contribution in [3.8, 4) is 0 Å². The quantitative estimate of drug-likeness (QED) is 0.901. The molecule has 1 aliphatic rings. The number of hydrogen-bond acceptors (Lipinski definition) is 3. The zero-order chi connectivity index (χ0) is 14.5. The van der Waals surface area contributed by atoms with Crippen molar-refractivity contribution < 1.29 is 4.79 Å². The van der Waals surface area contributed by atoms with Crippen molar-refractivity contribution in [2.24, 2.45) is 0 Å². The highest BCUT2D eigenvalue weighted by molar-refractivity contribution is 7.09. The predicted molar refractivity (Wildman–Crippen MR) is 94.3 cm³/mol. The van der Waals surface area contributed by atoms with Crippen LogP contribution in [0.5, 0.6) is 0 Å². The number of rotatable bonds is 4. The fourth-order valence-electron chi connectivity index (χ4n) is 2.67. The van der Waals surface area contributed by atoms with E-state index in [1.807, 2.05) is 12.1 Å². The first-order chi connectivity index (χ1) is 10.3. The Balaban J connectivity index is 0.00000176. The van der Waals surface area contributed by atoms with Crippen molar-refractivity contribution >= 4 is 29.7 Å². The molecule has 0 aliphatic carbocycles. The maximum atomic E-state index is 12.2. The van der Waals surface area contributed by atoms with Gasteiger partial charge in [-0.1, -0.05) is 12.1 Å². The number of nitrogens with one attached hydrogen (secondary N) is 2. The SMILES string of the molecule is Cl.O=C(NCCc1cccs1)c1ccc2c(c1)CCNCC2. The number of carbonyl (C=O) groups excluding carboxylic acids is 1. The van der Waals surface area contributed by atoms with Crippen LogP contribution in [-0.4, -0.2) is 25.5 Å². The lowest BCUT2D eigenvalue weighted by Crippen LogP contribution is -2.25. The van der Waals surface area contributed by atoms with Gasteiger partial charge in [-0.05, 0) is 67.1 Å². The molecule has 0 atom stereocenters. The first kappa shape index (κ1) is 17.0. The van der Waals surface area contributed by atoms with Gasteiger partial charge in [0.1, 0.15) is 0 Å². The average molecular weight is 337 g/mol. The van der Waals surface area contributed by atoms with Crippen molar-refractivity contribution in [2.45, 2.75) is 19.3 Å². The minimum absolute atomic E-state index is 0. The summed E-state index contributed by atoms with van der Waals surface area (Å²) in [5.41, 5.74) is 3.46. The summed E-state index contributed by atoms with van der Waals surface area (Å²) < 4.78 is 0. The number of benzene rings is 1. The van der Waals surface area contributed by atoms with Crippen LogP contribution in [0, 0.1) is 0 Å². The number of thiophene rings is 1. The topological polar surface area (TPSA) is 41.1 Å². The van der Waals surface area contributed by atoms with Crippen molar-refractivity contribution in [3.63, 3.8) is 0 Å². The fraction of sp³-hybridized carbons (Fsp3) is 0.353. The van der Waals surface area contributed by atoms with Crippen molar-refractivity contribution in [1.29, 1.82) is 0 Å². The van der Waals surface area contributed by atoms with Crippen LogP contribution in [0.25, 0.3) is 0 Å². The number of halogens is 1. The number of fused-ring (bicyclic) bond motifs is 1. The summed E-state index contributed by atoms with van der Waals surface area (Å²) in [7, 11) is 0. The van der Waals surface area contributed by atoms with Crippen molar-refractivity contribution in [1.82, 2.24) is 10.6 Å². The molecular weight excluding hydrogens is 316 g/mol. The Bertz CT molecular complexity index is 613. The average Bonchev–Trinajstić information content (AvgIpc) is 2.90. The van der Waals surface area contributed by atoms with E-state index in [1.54, 1.807) is 11.3 Å². The van der Waals surface area contributed by atoms with Crippen LogP contribution in [0.1, 0.15) is 26.4 Å². The molecule has 0 fully saturated rings. The summed E-state index contributed by atoms with van der Waals surface area (Å²) in [5, 5.41) is 8.47. The van der Waals surface area contributed by atoms with E-state index in [9.17, 15) is 4.79 Å². The minimum atomic E-state index is 0. The van der Waals surface area contributed by atoms with Gasteiger partial charge in [-0.25, -0.2) is 0 Å². The predicted octanol–water partition coefficient (Wildman–Crippen LogP) is 2.83. The molecular formula is C17H21ClN2OS. The van der Waals surface area contributed by atoms with Gasteiger partial charge in [-0.3, -0.25) is 4.79 Å². The Hall–Kier alpha value is -1.36. The van der Waals surface area contributed by atoms with Crippen LogP contribution in [0.2, 0.25) is 0 Å². The Morgan fingerprint density at radius 1 is 1.18 bits per heavy atom. The molecule has 1 aromatic carbocycles. The minimum Gasteiger partial charge on any atom is -0.352 e. The Kier molecular flexibility index (Phi) is 6.43. The molecule has 0 unspecified atom stereocenters. The molecule has 1 aromatic heterocycles. The largest absolute Gasteiger partial charge is 0.352 e. The fourth-order valence-corrected chi connectivity index (χ4v) is 3.38. The number of amides is 1. The second-order valence-corrected chi connectivity index (χ2v) is 6.35. The summed E-state index contributed by atoms with van der Waals surface area (Å²) in [5.74, 6) is 0.0339. The third-order valence-corrected chi connectivity index (χ3v) is 4.78. The lowest BCUT2D eigenvalue weighted by Gasteiger charge is -2.09. The van der Waals surface area contributed by atoms with Crippen molar-refractivity contribution in [2.75, 3.05) is 19.6 Å². The normalized spacial score (nSPS) is 13.6. The highest BCUT2D eigenvalue weighted by Crippen LogP contribution is 2.15. The van der Waals surface area contributed by atoms with Gasteiger partial charge >= 0.3 is 0 Å². The van der Waals surface area contributed by atoms with Gasteiger partial charge in [0.05, 0.1) is 0 Å². The summed E-state index contributed by atoms with van der Waals surface area (Å²) in [6.07, 6.45) is 2.96. The van der Waals surface area contributed by atoms with Crippen LogP contribution < -0.4 is 10.6 Å². The smallest absolute Gasteiger partial charge is 0.251 e. The molecule has 3 nitrogen and oxygen atoms in total. The number of carbonyl (C=O) groups is 1. The lowest BCUT2D eigenvalue weighted by molar-refractivity contribution is 0.0954. The first-order valence-corrected chi connectivity index (χ1v) is 8.34. The van der Waals surface area contributed by atoms with E-state index in [2.05, 4.69) is 34.2 Å². The van der Waals surface area contributed by atoms with Crippen LogP contribution in [0.15, 0.2) is 35.7 Å². The van der Waals surface area contributed by atoms with Gasteiger partial charge in [0.2, 0.25) is 0 Å². The van der Waals surface area contributed by atoms with E-state index in [-0.39, 0.29) is 18.3 Å². The van der Waals surface area contributed by atoms with Crippen LogP contribution in [0.4, 0.5) is 0 Å². The van der Waals surface area contributed by atoms with Gasteiger partial charge in [0.15, 0.2) is 0 Å². The highest BCUT2D eigenvalue weighted by Gasteiger charge is 2.11. The molecule has 5 heteroatoms. The molecule has 1 aliphatic heterocycles. The summed E-state index contributed by atoms with van der Waals surface area (Å²) >= 11 is 1.73. The Morgan fingerprint density at radius 2 is 2.00 bits per heavy atom. The second kappa shape index (κ2) is 8.32. The molecule has 22 heavy (non-hydrogen) atoms. The zero-order valence-corrected chi connectivity index (χ0v) is 14.1. The Morgan fingerprint density at radius 3 is 2.77 bits per heavy atom. The van der Waals surface area contributed by atoms with Gasteiger partial charge in [-0.15, -0.1) is 23.7 Å². The molecule has 118 valence electrons. The molecule has 0 spiro atoms. The third kappa shape index (κ3) is 4.32. The van der Waals surface area contributed by atoms with E-state index in [1.165, 1.54) is 16.0 Å². The molecule has 1 amide bonds. The van der Waals surface area contributed by atoms with Crippen LogP contribution in [0.3, 0.4) is 0 Å². The summed E-state index contributed by atoms with van der Waals surface area (Å²) in [6, 6.07) is 10.3. The third-order valence-electron chi connectivity index (χ3n) is 3.85. The summed E-state index contributed by atoms with van der Waals surface area (Å²) in [6.45, 7) is 2.72. The lowest BCUT2D eigenvalue weighted by atomic mass is 10.00. The molecule has 0 radical (unpaired) electrons. The molecule has 0 bridgehead atoms. The van der Waals surface area contributed by atoms with E-state index < -0.39 is 0 Å². The van der Waals surface area contributed by atoms with Crippen LogP contribution >= 0.6 is 23.7 Å². The van der Waals surface area contributed by atoms with Gasteiger partial charge in [-0.2, -0.15) is 0 Å². The van der Waals surface area contributed by atoms with E-state index in [0.29, 0.717) is 6.54 Å². The number of hydrogen-bond donors (Lipinski definition) is 2. The monoisotopic (exact) mass is 336 g/mol. The molecule has 2 heterocycles. The summed E-state index contributed by atoms with van der Waals surface area (Å²) in [4.78, 5) is 13.5. The molecule has 2 N–H and O–H groups in total. The van der Waals surface area contributed by atoms with Gasteiger partial charge < -0.3 is 10.6 Å². The van der Waals surface area contributed by atoms with E-state index in [0.717, 1.165) is 37.9 Å². The van der Waals surface area contributed by atoms with Gasteiger partial charge in [0, 0.05) is 17.0 Å². The van der Waals surface area contributed by atoms with Gasteiger partial charge in [0.25, 0.3) is 5.91 Å². The molecule has 0 saturated heterocycles. The molecule has 2 aromatic rings. The standard InChI is InChI=1S/C17H20N2OS.ClH/c20-17(19-10-7-16-2-1-11-21-16)15-4-3-13-5-8-18-9-6-14(13)12-15;/h1-4,11-12,18H,5-10H2,(H,19,20);1H. The second-order valence-electron chi connectivity index (χ2n) is 5.32. The van der Waals surface area contributed by atoms with Crippen molar-refractivity contribution in [3.05, 3.63) is 57.3 Å². The van der Waals surface area contributed by atoms with Crippen LogP contribution in [-0.2, 0) is 19.3 Å².